The van der Waals surface area contributed by atoms with Gasteiger partial charge in [-0.3, -0.25) is 9.10 Å². The molecule has 2 aliphatic heterocycles. The summed E-state index contributed by atoms with van der Waals surface area (Å²) < 4.78 is 25.5. The summed E-state index contributed by atoms with van der Waals surface area (Å²) in [5.74, 6) is -0.172. The molecule has 2 heterocycles. The Morgan fingerprint density at radius 3 is 2.45 bits per heavy atom. The predicted molar refractivity (Wildman–Crippen MR) is 117 cm³/mol. The van der Waals surface area contributed by atoms with Gasteiger partial charge in [-0.25, -0.2) is 8.42 Å². The Morgan fingerprint density at radius 1 is 0.931 bits per heavy atom. The first-order chi connectivity index (χ1) is 13.9. The lowest BCUT2D eigenvalue weighted by Gasteiger charge is -2.30. The maximum atomic E-state index is 13.0. The Hall–Kier alpha value is -2.54. The van der Waals surface area contributed by atoms with Crippen molar-refractivity contribution in [1.82, 2.24) is 0 Å². The van der Waals surface area contributed by atoms with Crippen molar-refractivity contribution in [2.45, 2.75) is 32.1 Å². The van der Waals surface area contributed by atoms with Crippen molar-refractivity contribution in [3.05, 3.63) is 53.6 Å². The number of piperidine rings is 1. The van der Waals surface area contributed by atoms with E-state index in [1.54, 1.807) is 12.1 Å². The van der Waals surface area contributed by atoms with Crippen LogP contribution in [0.4, 0.5) is 17.1 Å². The molecule has 4 rings (SSSR count). The van der Waals surface area contributed by atoms with Crippen LogP contribution in [0, 0.1) is 0 Å². The van der Waals surface area contributed by atoms with Crippen molar-refractivity contribution in [3.8, 4) is 0 Å². The number of nitrogens with zero attached hydrogens (tertiary/aromatic N) is 2. The summed E-state index contributed by atoms with van der Waals surface area (Å²) in [6, 6.07) is 13.2. The van der Waals surface area contributed by atoms with Gasteiger partial charge in [-0.05, 0) is 68.0 Å². The second-order valence-corrected chi connectivity index (χ2v) is 9.71. The number of hydrogen-bond acceptors (Lipinski definition) is 4. The van der Waals surface area contributed by atoms with Gasteiger partial charge in [0.1, 0.15) is 0 Å². The van der Waals surface area contributed by atoms with Gasteiger partial charge in [0.05, 0.1) is 23.3 Å². The number of carbonyl (C=O) groups is 1. The van der Waals surface area contributed by atoms with Crippen LogP contribution in [-0.4, -0.2) is 40.2 Å². The quantitative estimate of drug-likeness (QED) is 0.831. The molecular weight excluding hydrogens is 386 g/mol. The number of benzene rings is 2. The summed E-state index contributed by atoms with van der Waals surface area (Å²) in [7, 11) is -3.31. The summed E-state index contributed by atoms with van der Waals surface area (Å²) in [5, 5.41) is 3.06. The number of hydrogen-bond donors (Lipinski definition) is 1. The number of amides is 1. The topological polar surface area (TPSA) is 69.7 Å². The normalized spacial score (nSPS) is 17.0. The number of carbonyl (C=O) groups excluding carboxylic acids is 1. The first kappa shape index (κ1) is 19.8. The van der Waals surface area contributed by atoms with Crippen molar-refractivity contribution in [1.29, 1.82) is 0 Å². The van der Waals surface area contributed by atoms with E-state index in [0.717, 1.165) is 42.9 Å². The fraction of sp³-hybridized carbons (Fsp3) is 0.409. The number of nitrogens with one attached hydrogen (secondary N) is 1. The van der Waals surface area contributed by atoms with Crippen molar-refractivity contribution in [3.63, 3.8) is 0 Å². The number of sulfonamides is 1. The van der Waals surface area contributed by atoms with Gasteiger partial charge in [-0.1, -0.05) is 12.1 Å². The smallest absolute Gasteiger partial charge is 0.255 e. The third-order valence-electron chi connectivity index (χ3n) is 5.67. The Labute approximate surface area is 172 Å². The lowest BCUT2D eigenvalue weighted by atomic mass is 10.0. The molecule has 0 bridgehead atoms. The minimum Gasteiger partial charge on any atom is -0.370 e. The SMILES string of the molecule is CS(=O)(=O)N1CCCc2cc(C(=O)Nc3ccccc3N3CCCCC3)ccc21. The highest BCUT2D eigenvalue weighted by molar-refractivity contribution is 7.92. The zero-order valence-electron chi connectivity index (χ0n) is 16.7. The molecule has 0 unspecified atom stereocenters. The minimum atomic E-state index is -3.31. The molecule has 0 aliphatic carbocycles. The second kappa shape index (κ2) is 8.06. The van der Waals surface area contributed by atoms with Gasteiger partial charge in [-0.2, -0.15) is 0 Å². The number of anilines is 3. The van der Waals surface area contributed by atoms with Crippen LogP contribution < -0.4 is 14.5 Å². The van der Waals surface area contributed by atoms with Crippen molar-refractivity contribution in [2.24, 2.45) is 0 Å². The van der Waals surface area contributed by atoms with Crippen LogP contribution in [-0.2, 0) is 16.4 Å². The van der Waals surface area contributed by atoms with Crippen LogP contribution >= 0.6 is 0 Å². The van der Waals surface area contributed by atoms with Gasteiger partial charge in [0.25, 0.3) is 5.91 Å². The average molecular weight is 414 g/mol. The standard InChI is InChI=1S/C22H27N3O3S/c1-29(27,28)25-15-7-8-17-16-18(11-12-20(17)25)22(26)23-19-9-3-4-10-21(19)24-13-5-2-6-14-24/h3-4,9-12,16H,2,5-8,13-15H2,1H3,(H,23,26). The molecule has 0 atom stereocenters. The summed E-state index contributed by atoms with van der Waals surface area (Å²) in [4.78, 5) is 15.3. The second-order valence-electron chi connectivity index (χ2n) is 7.80. The summed E-state index contributed by atoms with van der Waals surface area (Å²) in [5.41, 5.74) is 4.01. The van der Waals surface area contributed by atoms with E-state index in [1.807, 2.05) is 24.3 Å². The average Bonchev–Trinajstić information content (AvgIpc) is 2.73. The van der Waals surface area contributed by atoms with Gasteiger partial charge in [0.15, 0.2) is 0 Å². The molecule has 0 saturated carbocycles. The summed E-state index contributed by atoms with van der Waals surface area (Å²) >= 11 is 0. The van der Waals surface area contributed by atoms with Gasteiger partial charge >= 0.3 is 0 Å². The first-order valence-electron chi connectivity index (χ1n) is 10.2. The zero-order chi connectivity index (χ0) is 20.4. The highest BCUT2D eigenvalue weighted by atomic mass is 32.2. The third-order valence-corrected chi connectivity index (χ3v) is 6.85. The van der Waals surface area contributed by atoms with Crippen LogP contribution in [0.1, 0.15) is 41.6 Å². The number of rotatable bonds is 4. The molecular formula is C22H27N3O3S. The van der Waals surface area contributed by atoms with Crippen molar-refractivity contribution < 1.29 is 13.2 Å². The van der Waals surface area contributed by atoms with Crippen LogP contribution in [0.2, 0.25) is 0 Å². The van der Waals surface area contributed by atoms with E-state index in [1.165, 1.54) is 29.8 Å². The Bertz CT molecular complexity index is 1010. The summed E-state index contributed by atoms with van der Waals surface area (Å²) in [6.45, 7) is 2.50. The molecule has 2 aliphatic rings. The zero-order valence-corrected chi connectivity index (χ0v) is 17.5. The fourth-order valence-corrected chi connectivity index (χ4v) is 5.23. The van der Waals surface area contributed by atoms with E-state index in [0.29, 0.717) is 17.8 Å². The van der Waals surface area contributed by atoms with Gasteiger partial charge in [0, 0.05) is 25.2 Å². The Kier molecular flexibility index (Phi) is 5.50. The monoisotopic (exact) mass is 413 g/mol. The number of aryl methyl sites for hydroxylation is 1. The van der Waals surface area contributed by atoms with Gasteiger partial charge in [0.2, 0.25) is 10.0 Å². The third kappa shape index (κ3) is 4.24. The minimum absolute atomic E-state index is 0.172. The maximum Gasteiger partial charge on any atom is 0.255 e. The maximum absolute atomic E-state index is 13.0. The largest absolute Gasteiger partial charge is 0.370 e. The Balaban J connectivity index is 1.57. The van der Waals surface area contributed by atoms with E-state index in [4.69, 9.17) is 0 Å². The van der Waals surface area contributed by atoms with Crippen LogP contribution in [0.5, 0.6) is 0 Å². The highest BCUT2D eigenvalue weighted by Gasteiger charge is 2.25. The van der Waals surface area contributed by atoms with E-state index in [9.17, 15) is 13.2 Å². The number of fused-ring (bicyclic) bond motifs is 1. The van der Waals surface area contributed by atoms with Gasteiger partial charge < -0.3 is 10.2 Å². The molecule has 0 spiro atoms. The lowest BCUT2D eigenvalue weighted by Crippen LogP contribution is -2.34. The lowest BCUT2D eigenvalue weighted by molar-refractivity contribution is 0.102. The summed E-state index contributed by atoms with van der Waals surface area (Å²) in [6.07, 6.45) is 6.34. The molecule has 0 aromatic heterocycles. The molecule has 154 valence electrons. The molecule has 1 fully saturated rings. The van der Waals surface area contributed by atoms with Crippen LogP contribution in [0.15, 0.2) is 42.5 Å². The molecule has 2 aromatic carbocycles. The molecule has 2 aromatic rings. The van der Waals surface area contributed by atoms with Crippen LogP contribution in [0.3, 0.4) is 0 Å². The molecule has 1 amide bonds. The molecule has 1 N–H and O–H groups in total. The van der Waals surface area contributed by atoms with Crippen LogP contribution in [0.25, 0.3) is 0 Å². The number of para-hydroxylation sites is 2. The van der Waals surface area contributed by atoms with E-state index in [2.05, 4.69) is 16.3 Å². The van der Waals surface area contributed by atoms with Crippen molar-refractivity contribution >= 4 is 33.0 Å². The molecule has 7 heteroatoms. The molecule has 1 saturated heterocycles. The molecule has 0 radical (unpaired) electrons. The predicted octanol–water partition coefficient (Wildman–Crippen LogP) is 3.64. The van der Waals surface area contributed by atoms with E-state index >= 15 is 0 Å². The van der Waals surface area contributed by atoms with E-state index < -0.39 is 10.0 Å². The van der Waals surface area contributed by atoms with E-state index in [-0.39, 0.29) is 5.91 Å². The van der Waals surface area contributed by atoms with Gasteiger partial charge in [-0.15, -0.1) is 0 Å². The first-order valence-corrected chi connectivity index (χ1v) is 12.0. The van der Waals surface area contributed by atoms with Crippen molar-refractivity contribution in [2.75, 3.05) is 40.4 Å². The molecule has 6 nitrogen and oxygen atoms in total. The molecule has 29 heavy (non-hydrogen) atoms. The highest BCUT2D eigenvalue weighted by Crippen LogP contribution is 2.31. The fourth-order valence-electron chi connectivity index (χ4n) is 4.23. The Morgan fingerprint density at radius 2 is 1.69 bits per heavy atom.